The van der Waals surface area contributed by atoms with E-state index < -0.39 is 12.1 Å². The van der Waals surface area contributed by atoms with Crippen LogP contribution in [0.15, 0.2) is 10.8 Å². The smallest absolute Gasteiger partial charge is 0.407 e. The fourth-order valence-electron chi connectivity index (χ4n) is 2.84. The monoisotopic (exact) mass is 404 g/mol. The summed E-state index contributed by atoms with van der Waals surface area (Å²) in [6.07, 6.45) is 2.72. The quantitative estimate of drug-likeness (QED) is 0.671. The summed E-state index contributed by atoms with van der Waals surface area (Å²) in [7, 11) is 1.27. The fraction of sp³-hybridized carbons (Fsp3) is 0.643. The van der Waals surface area contributed by atoms with Gasteiger partial charge >= 0.3 is 6.09 Å². The summed E-state index contributed by atoms with van der Waals surface area (Å²) in [6, 6.07) is -0.838. The molecule has 2 rings (SSSR count). The Hall–Kier alpha value is -1.22. The van der Waals surface area contributed by atoms with Crippen LogP contribution in [0.2, 0.25) is 0 Å². The summed E-state index contributed by atoms with van der Waals surface area (Å²) < 4.78 is 5.38. The Morgan fingerprint density at radius 3 is 2.78 bits per heavy atom. The second-order valence-corrected chi connectivity index (χ2v) is 7.33. The van der Waals surface area contributed by atoms with Crippen LogP contribution in [0.5, 0.6) is 0 Å². The van der Waals surface area contributed by atoms with E-state index in [9.17, 15) is 9.59 Å². The fourth-order valence-corrected chi connectivity index (χ4v) is 3.35. The van der Waals surface area contributed by atoms with Gasteiger partial charge in [-0.05, 0) is 35.7 Å². The number of hydrogen-bond donors (Lipinski definition) is 3. The Bertz CT molecular complexity index is 580. The van der Waals surface area contributed by atoms with Gasteiger partial charge in [0, 0.05) is 11.3 Å². The van der Waals surface area contributed by atoms with E-state index in [1.165, 1.54) is 7.11 Å². The first-order valence-electron chi connectivity index (χ1n) is 7.40. The Kier molecular flexibility index (Phi) is 5.96. The molecule has 1 saturated heterocycles. The average molecular weight is 405 g/mol. The molecule has 0 radical (unpaired) electrons. The molecule has 1 unspecified atom stereocenters. The van der Waals surface area contributed by atoms with Gasteiger partial charge in [0.05, 0.1) is 19.3 Å². The summed E-state index contributed by atoms with van der Waals surface area (Å²) >= 11 is 7.68. The van der Waals surface area contributed by atoms with Crippen LogP contribution in [0, 0.1) is 0 Å². The summed E-state index contributed by atoms with van der Waals surface area (Å²) in [5, 5.41) is 2.22. The number of halogens is 1. The molecule has 23 heavy (non-hydrogen) atoms. The van der Waals surface area contributed by atoms with Crippen molar-refractivity contribution in [3.63, 3.8) is 0 Å². The van der Waals surface area contributed by atoms with Gasteiger partial charge in [-0.3, -0.25) is 4.79 Å². The van der Waals surface area contributed by atoms with Crippen LogP contribution < -0.4 is 5.32 Å². The van der Waals surface area contributed by atoms with Crippen LogP contribution in [0.3, 0.4) is 0 Å². The Balaban J connectivity index is 2.24. The summed E-state index contributed by atoms with van der Waals surface area (Å²) in [5.41, 5.74) is 0. The van der Waals surface area contributed by atoms with Gasteiger partial charge in [-0.1, -0.05) is 6.92 Å². The molecule has 0 spiro atoms. The standard InChI is InChI=1S/C14H21BrN4O3S/c1-7-4-5-9(12-16-6-10(15)17-12)19(7)13(20)11(8(2)23)18-14(21)22-3/h6-9,11,23H,4-5H2,1-3H3,(H,16,17)(H,18,21)/t7-,8?,9-,11-/m0/s1. The summed E-state index contributed by atoms with van der Waals surface area (Å²) in [6.45, 7) is 3.76. The molecule has 1 aromatic heterocycles. The zero-order valence-electron chi connectivity index (χ0n) is 13.2. The number of amides is 2. The molecule has 2 N–H and O–H groups in total. The van der Waals surface area contributed by atoms with Gasteiger partial charge in [0.15, 0.2) is 0 Å². The number of alkyl carbamates (subject to hydrolysis) is 1. The highest BCUT2D eigenvalue weighted by molar-refractivity contribution is 9.10. The number of hydrogen-bond acceptors (Lipinski definition) is 5. The lowest BCUT2D eigenvalue weighted by atomic mass is 10.1. The van der Waals surface area contributed by atoms with Crippen LogP contribution in [0.4, 0.5) is 4.79 Å². The topological polar surface area (TPSA) is 87.3 Å². The molecule has 0 aliphatic carbocycles. The maximum Gasteiger partial charge on any atom is 0.407 e. The number of thiol groups is 1. The van der Waals surface area contributed by atoms with Crippen molar-refractivity contribution >= 4 is 40.6 Å². The number of aromatic amines is 1. The van der Waals surface area contributed by atoms with E-state index in [2.05, 4.69) is 48.6 Å². The van der Waals surface area contributed by atoms with Crippen LogP contribution in [-0.4, -0.2) is 51.3 Å². The maximum atomic E-state index is 13.0. The number of methoxy groups -OCH3 is 1. The number of nitrogens with zero attached hydrogens (tertiary/aromatic N) is 2. The third-order valence-corrected chi connectivity index (χ3v) is 4.71. The molecule has 0 aromatic carbocycles. The Labute approximate surface area is 149 Å². The minimum absolute atomic E-state index is 0.0606. The third kappa shape index (κ3) is 4.00. The minimum Gasteiger partial charge on any atom is -0.453 e. The van der Waals surface area contributed by atoms with Crippen molar-refractivity contribution in [2.45, 2.75) is 50.1 Å². The first kappa shape index (κ1) is 18.1. The van der Waals surface area contributed by atoms with Crippen molar-refractivity contribution in [3.05, 3.63) is 16.6 Å². The molecule has 1 aliphatic rings. The number of likely N-dealkylation sites (tertiary alicyclic amines) is 1. The number of aromatic nitrogens is 2. The molecule has 2 amide bonds. The Morgan fingerprint density at radius 2 is 2.26 bits per heavy atom. The molecule has 9 heteroatoms. The summed E-state index contributed by atoms with van der Waals surface area (Å²) in [5.74, 6) is 0.554. The first-order valence-corrected chi connectivity index (χ1v) is 8.71. The SMILES string of the molecule is COC(=O)N[C@H](C(=O)N1[C@@H](C)CC[C@H]1c1ncc(Br)[nH]1)C(C)S. The molecule has 1 aromatic rings. The van der Waals surface area contributed by atoms with Crippen LogP contribution >= 0.6 is 28.6 Å². The molecule has 0 bridgehead atoms. The zero-order chi connectivity index (χ0) is 17.1. The average Bonchev–Trinajstić information content (AvgIpc) is 3.09. The largest absolute Gasteiger partial charge is 0.453 e. The van der Waals surface area contributed by atoms with E-state index in [0.717, 1.165) is 23.3 Å². The van der Waals surface area contributed by atoms with Crippen molar-refractivity contribution in [3.8, 4) is 0 Å². The van der Waals surface area contributed by atoms with E-state index in [1.54, 1.807) is 18.0 Å². The van der Waals surface area contributed by atoms with Crippen LogP contribution in [-0.2, 0) is 9.53 Å². The number of ether oxygens (including phenoxy) is 1. The van der Waals surface area contributed by atoms with E-state index in [4.69, 9.17) is 0 Å². The highest BCUT2D eigenvalue weighted by atomic mass is 79.9. The predicted octanol–water partition coefficient (Wildman–Crippen LogP) is 2.27. The molecule has 2 heterocycles. The van der Waals surface area contributed by atoms with Gasteiger partial charge in [-0.2, -0.15) is 12.6 Å². The lowest BCUT2D eigenvalue weighted by Crippen LogP contribution is -2.53. The van der Waals surface area contributed by atoms with Gasteiger partial charge in [-0.15, -0.1) is 0 Å². The highest BCUT2D eigenvalue weighted by Crippen LogP contribution is 2.35. The first-order chi connectivity index (χ1) is 10.8. The van der Waals surface area contributed by atoms with E-state index in [-0.39, 0.29) is 23.2 Å². The predicted molar refractivity (Wildman–Crippen MR) is 92.3 cm³/mol. The highest BCUT2D eigenvalue weighted by Gasteiger charge is 2.41. The van der Waals surface area contributed by atoms with Crippen molar-refractivity contribution in [2.75, 3.05) is 7.11 Å². The van der Waals surface area contributed by atoms with Gasteiger partial charge < -0.3 is 19.9 Å². The number of H-pyrrole nitrogens is 1. The summed E-state index contributed by atoms with van der Waals surface area (Å²) in [4.78, 5) is 33.7. The molecule has 1 fully saturated rings. The van der Waals surface area contributed by atoms with Gasteiger partial charge in [0.1, 0.15) is 16.5 Å². The molecular formula is C14H21BrN4O3S. The van der Waals surface area contributed by atoms with Crippen molar-refractivity contribution in [1.82, 2.24) is 20.2 Å². The van der Waals surface area contributed by atoms with Crippen molar-refractivity contribution in [1.29, 1.82) is 0 Å². The molecule has 4 atom stereocenters. The molecule has 0 saturated carbocycles. The van der Waals surface area contributed by atoms with Crippen LogP contribution in [0.25, 0.3) is 0 Å². The molecule has 128 valence electrons. The molecule has 7 nitrogen and oxygen atoms in total. The molecule has 1 aliphatic heterocycles. The number of nitrogens with one attached hydrogen (secondary N) is 2. The normalized spacial score (nSPS) is 23.4. The number of carbonyl (C=O) groups excluding carboxylic acids is 2. The third-order valence-electron chi connectivity index (χ3n) is 4.01. The van der Waals surface area contributed by atoms with Crippen LogP contribution in [0.1, 0.15) is 38.6 Å². The molecular weight excluding hydrogens is 384 g/mol. The lowest BCUT2D eigenvalue weighted by Gasteiger charge is -2.32. The number of rotatable bonds is 4. The van der Waals surface area contributed by atoms with E-state index >= 15 is 0 Å². The number of imidazole rings is 1. The maximum absolute atomic E-state index is 13.0. The van der Waals surface area contributed by atoms with Gasteiger partial charge in [-0.25, -0.2) is 9.78 Å². The van der Waals surface area contributed by atoms with E-state index in [0.29, 0.717) is 0 Å². The zero-order valence-corrected chi connectivity index (χ0v) is 15.7. The van der Waals surface area contributed by atoms with Gasteiger partial charge in [0.25, 0.3) is 0 Å². The minimum atomic E-state index is -0.757. The van der Waals surface area contributed by atoms with E-state index in [1.807, 2.05) is 6.92 Å². The van der Waals surface area contributed by atoms with Crippen molar-refractivity contribution in [2.24, 2.45) is 0 Å². The lowest BCUT2D eigenvalue weighted by molar-refractivity contribution is -0.136. The number of carbonyl (C=O) groups is 2. The second kappa shape index (κ2) is 7.57. The van der Waals surface area contributed by atoms with Crippen molar-refractivity contribution < 1.29 is 14.3 Å². The Morgan fingerprint density at radius 1 is 1.57 bits per heavy atom. The van der Waals surface area contributed by atoms with Gasteiger partial charge in [0.2, 0.25) is 5.91 Å². The second-order valence-electron chi connectivity index (χ2n) is 5.66.